The molecule has 2 N–H and O–H groups in total. The third-order valence-electron chi connectivity index (χ3n) is 3.36. The van der Waals surface area contributed by atoms with E-state index in [1.165, 1.54) is 6.07 Å². The van der Waals surface area contributed by atoms with Gasteiger partial charge in [-0.1, -0.05) is 13.0 Å². The first-order valence-corrected chi connectivity index (χ1v) is 8.04. The van der Waals surface area contributed by atoms with Gasteiger partial charge in [0.1, 0.15) is 5.25 Å². The molecule has 0 radical (unpaired) electrons. The van der Waals surface area contributed by atoms with Gasteiger partial charge in [-0.25, -0.2) is 4.79 Å². The highest BCUT2D eigenvalue weighted by Crippen LogP contribution is 2.17. The molecular formula is C15H21NO4S. The van der Waals surface area contributed by atoms with E-state index in [1.807, 2.05) is 13.8 Å². The number of carbonyl (C=O) groups is 2. The Hall–Kier alpha value is -1.69. The van der Waals surface area contributed by atoms with Crippen LogP contribution in [0.2, 0.25) is 0 Å². The number of carboxylic acid groups (broad SMARTS) is 1. The third-order valence-corrected chi connectivity index (χ3v) is 4.94. The minimum absolute atomic E-state index is 0.0181. The summed E-state index contributed by atoms with van der Waals surface area (Å²) in [4.78, 5) is 23.5. The van der Waals surface area contributed by atoms with Crippen LogP contribution >= 0.6 is 0 Å². The molecule has 1 amide bonds. The number of amides is 1. The summed E-state index contributed by atoms with van der Waals surface area (Å²) >= 11 is 0. The number of hydrogen-bond acceptors (Lipinski definition) is 3. The van der Waals surface area contributed by atoms with Crippen LogP contribution in [0.25, 0.3) is 0 Å². The van der Waals surface area contributed by atoms with Crippen LogP contribution in [0.1, 0.15) is 43.1 Å². The lowest BCUT2D eigenvalue weighted by Crippen LogP contribution is -2.40. The minimum atomic E-state index is -1.59. The lowest BCUT2D eigenvalue weighted by molar-refractivity contribution is -0.120. The third kappa shape index (κ3) is 4.39. The zero-order valence-corrected chi connectivity index (χ0v) is 13.5. The standard InChI is InChI=1S/C15H21NO4S/c1-5-10(3)16-14(17)11(4)21(20)12-7-6-9(2)13(8-12)15(18)19/h6-8,10-11H,5H2,1-4H3,(H,16,17)(H,18,19). The summed E-state index contributed by atoms with van der Waals surface area (Å²) in [5.41, 5.74) is 0.704. The Balaban J connectivity index is 2.95. The molecule has 0 aromatic heterocycles. The van der Waals surface area contributed by atoms with E-state index in [9.17, 15) is 13.8 Å². The largest absolute Gasteiger partial charge is 0.478 e. The Morgan fingerprint density at radius 1 is 1.33 bits per heavy atom. The van der Waals surface area contributed by atoms with E-state index < -0.39 is 22.0 Å². The minimum Gasteiger partial charge on any atom is -0.478 e. The van der Waals surface area contributed by atoms with Gasteiger partial charge in [0.15, 0.2) is 0 Å². The fourth-order valence-corrected chi connectivity index (χ4v) is 2.83. The van der Waals surface area contributed by atoms with Gasteiger partial charge in [-0.2, -0.15) is 0 Å². The second-order valence-electron chi connectivity index (χ2n) is 5.04. The number of nitrogens with one attached hydrogen (secondary N) is 1. The Kier molecular flexibility index (Phi) is 6.08. The number of carbonyl (C=O) groups excluding carboxylic acids is 1. The second kappa shape index (κ2) is 7.36. The lowest BCUT2D eigenvalue weighted by Gasteiger charge is -2.16. The highest BCUT2D eigenvalue weighted by atomic mass is 32.2. The summed E-state index contributed by atoms with van der Waals surface area (Å²) in [6, 6.07) is 4.60. The van der Waals surface area contributed by atoms with Crippen molar-refractivity contribution in [2.24, 2.45) is 0 Å². The molecule has 0 aliphatic rings. The highest BCUT2D eigenvalue weighted by Gasteiger charge is 2.23. The fraction of sp³-hybridized carbons (Fsp3) is 0.467. The number of rotatable bonds is 6. The SMILES string of the molecule is CCC(C)NC(=O)C(C)S(=O)c1ccc(C)c(C(=O)O)c1. The van der Waals surface area contributed by atoms with Gasteiger partial charge >= 0.3 is 5.97 Å². The highest BCUT2D eigenvalue weighted by molar-refractivity contribution is 7.86. The van der Waals surface area contributed by atoms with E-state index in [0.29, 0.717) is 10.5 Å². The van der Waals surface area contributed by atoms with Crippen molar-refractivity contribution < 1.29 is 18.9 Å². The molecule has 0 aliphatic heterocycles. The first-order valence-electron chi connectivity index (χ1n) is 6.82. The van der Waals surface area contributed by atoms with Crippen LogP contribution in [0.15, 0.2) is 23.1 Å². The van der Waals surface area contributed by atoms with Crippen LogP contribution in [0.3, 0.4) is 0 Å². The van der Waals surface area contributed by atoms with Crippen molar-refractivity contribution in [1.82, 2.24) is 5.32 Å². The molecule has 1 aromatic carbocycles. The topological polar surface area (TPSA) is 83.5 Å². The summed E-state index contributed by atoms with van der Waals surface area (Å²) in [5, 5.41) is 11.1. The van der Waals surface area contributed by atoms with Crippen molar-refractivity contribution in [3.63, 3.8) is 0 Å². The molecule has 5 nitrogen and oxygen atoms in total. The number of aryl methyl sites for hydroxylation is 1. The van der Waals surface area contributed by atoms with Crippen LogP contribution in [0.5, 0.6) is 0 Å². The molecule has 1 aromatic rings. The van der Waals surface area contributed by atoms with Crippen molar-refractivity contribution in [3.8, 4) is 0 Å². The second-order valence-corrected chi connectivity index (χ2v) is 6.81. The first-order chi connectivity index (χ1) is 9.77. The van der Waals surface area contributed by atoms with Gasteiger partial charge in [-0.3, -0.25) is 9.00 Å². The Morgan fingerprint density at radius 3 is 2.48 bits per heavy atom. The molecule has 6 heteroatoms. The van der Waals surface area contributed by atoms with Gasteiger partial charge in [0.25, 0.3) is 0 Å². The van der Waals surface area contributed by atoms with Gasteiger partial charge in [0, 0.05) is 10.9 Å². The summed E-state index contributed by atoms with van der Waals surface area (Å²) in [5.74, 6) is -1.36. The van der Waals surface area contributed by atoms with Crippen molar-refractivity contribution in [3.05, 3.63) is 29.3 Å². The van der Waals surface area contributed by atoms with Crippen molar-refractivity contribution in [1.29, 1.82) is 0 Å². The predicted octanol–water partition coefficient (Wildman–Crippen LogP) is 2.10. The van der Waals surface area contributed by atoms with Gasteiger partial charge in [-0.15, -0.1) is 0 Å². The van der Waals surface area contributed by atoms with Crippen LogP contribution in [-0.2, 0) is 15.6 Å². The molecule has 0 bridgehead atoms. The van der Waals surface area contributed by atoms with E-state index in [0.717, 1.165) is 6.42 Å². The number of aromatic carboxylic acids is 1. The average molecular weight is 311 g/mol. The van der Waals surface area contributed by atoms with Gasteiger partial charge in [-0.05, 0) is 44.9 Å². The van der Waals surface area contributed by atoms with E-state index in [-0.39, 0.29) is 17.5 Å². The van der Waals surface area contributed by atoms with Crippen molar-refractivity contribution in [2.45, 2.75) is 50.3 Å². The molecule has 116 valence electrons. The Bertz CT molecular complexity index is 571. The van der Waals surface area contributed by atoms with E-state index in [2.05, 4.69) is 5.32 Å². The number of hydrogen-bond donors (Lipinski definition) is 2. The first kappa shape index (κ1) is 17.4. The summed E-state index contributed by atoms with van der Waals surface area (Å²) in [6.45, 7) is 7.08. The Morgan fingerprint density at radius 2 is 1.95 bits per heavy atom. The number of carboxylic acids is 1. The van der Waals surface area contributed by atoms with E-state index >= 15 is 0 Å². The van der Waals surface area contributed by atoms with Gasteiger partial charge in [0.2, 0.25) is 5.91 Å². The molecular weight excluding hydrogens is 290 g/mol. The molecule has 0 heterocycles. The molecule has 1 rings (SSSR count). The maximum Gasteiger partial charge on any atom is 0.335 e. The molecule has 0 aliphatic carbocycles. The van der Waals surface area contributed by atoms with Crippen LogP contribution in [0.4, 0.5) is 0 Å². The summed E-state index contributed by atoms with van der Waals surface area (Å²) < 4.78 is 12.4. The van der Waals surface area contributed by atoms with Crippen molar-refractivity contribution >= 4 is 22.7 Å². The predicted molar refractivity (Wildman–Crippen MR) is 81.9 cm³/mol. The smallest absolute Gasteiger partial charge is 0.335 e. The summed E-state index contributed by atoms with van der Waals surface area (Å²) in [7, 11) is -1.59. The molecule has 21 heavy (non-hydrogen) atoms. The molecule has 0 fully saturated rings. The molecule has 0 spiro atoms. The molecule has 0 saturated heterocycles. The normalized spacial score (nSPS) is 15.0. The van der Waals surface area contributed by atoms with Gasteiger partial charge < -0.3 is 10.4 Å². The van der Waals surface area contributed by atoms with Crippen LogP contribution in [-0.4, -0.2) is 32.5 Å². The van der Waals surface area contributed by atoms with E-state index in [4.69, 9.17) is 5.11 Å². The zero-order chi connectivity index (χ0) is 16.2. The van der Waals surface area contributed by atoms with Crippen molar-refractivity contribution in [2.75, 3.05) is 0 Å². The van der Waals surface area contributed by atoms with Crippen LogP contribution in [0, 0.1) is 6.92 Å². The summed E-state index contributed by atoms with van der Waals surface area (Å²) in [6.07, 6.45) is 0.790. The Labute approximate surface area is 127 Å². The quantitative estimate of drug-likeness (QED) is 0.843. The number of benzene rings is 1. The molecule has 3 unspecified atom stereocenters. The maximum absolute atomic E-state index is 12.4. The molecule has 0 saturated carbocycles. The van der Waals surface area contributed by atoms with E-state index in [1.54, 1.807) is 26.0 Å². The monoisotopic (exact) mass is 311 g/mol. The average Bonchev–Trinajstić information content (AvgIpc) is 2.45. The van der Waals surface area contributed by atoms with Crippen LogP contribution < -0.4 is 5.32 Å². The zero-order valence-electron chi connectivity index (χ0n) is 12.7. The lowest BCUT2D eigenvalue weighted by atomic mass is 10.1. The van der Waals surface area contributed by atoms with Gasteiger partial charge in [0.05, 0.1) is 16.4 Å². The maximum atomic E-state index is 12.4. The molecule has 3 atom stereocenters. The fourth-order valence-electron chi connectivity index (χ4n) is 1.72.